The summed E-state index contributed by atoms with van der Waals surface area (Å²) in [7, 11) is -1.49. The molecule has 0 amide bonds. The van der Waals surface area contributed by atoms with Gasteiger partial charge in [-0.3, -0.25) is 9.89 Å². The van der Waals surface area contributed by atoms with Crippen LogP contribution < -0.4 is 10.6 Å². The molecule has 0 spiro atoms. The highest BCUT2D eigenvalue weighted by Gasteiger charge is 2.23. The molecule has 1 fully saturated rings. The van der Waals surface area contributed by atoms with Crippen molar-refractivity contribution in [1.29, 1.82) is 0 Å². The molecule has 1 saturated heterocycles. The number of hydrogen-bond donors (Lipinski definition) is 2. The van der Waals surface area contributed by atoms with Crippen molar-refractivity contribution in [2.75, 3.05) is 65.3 Å². The predicted molar refractivity (Wildman–Crippen MR) is 120 cm³/mol. The van der Waals surface area contributed by atoms with E-state index in [0.29, 0.717) is 19.6 Å². The molecule has 0 saturated carbocycles. The van der Waals surface area contributed by atoms with Crippen molar-refractivity contribution in [2.45, 2.75) is 26.3 Å². The molecule has 0 bridgehead atoms. The Kier molecular flexibility index (Phi) is 10.4. The van der Waals surface area contributed by atoms with Crippen LogP contribution in [0.25, 0.3) is 0 Å². The molecular weight excluding hydrogens is 410 g/mol. The van der Waals surface area contributed by atoms with E-state index in [1.807, 2.05) is 6.92 Å². The van der Waals surface area contributed by atoms with E-state index in [9.17, 15) is 8.42 Å². The zero-order valence-corrected chi connectivity index (χ0v) is 19.4. The number of rotatable bonds is 11. The molecule has 1 unspecified atom stereocenters. The second-order valence-corrected chi connectivity index (χ2v) is 10.2. The third kappa shape index (κ3) is 7.86. The molecule has 1 atom stereocenters. The van der Waals surface area contributed by atoms with Gasteiger partial charge in [-0.15, -0.1) is 11.3 Å². The van der Waals surface area contributed by atoms with Gasteiger partial charge in [0, 0.05) is 44.6 Å². The summed E-state index contributed by atoms with van der Waals surface area (Å²) in [5.74, 6) is 0.899. The fourth-order valence-electron chi connectivity index (χ4n) is 3.14. The molecule has 0 aromatic carbocycles. The van der Waals surface area contributed by atoms with Crippen LogP contribution in [-0.2, 0) is 14.8 Å². The van der Waals surface area contributed by atoms with Crippen LogP contribution >= 0.6 is 11.3 Å². The van der Waals surface area contributed by atoms with Gasteiger partial charge in [-0.2, -0.15) is 0 Å². The van der Waals surface area contributed by atoms with E-state index in [2.05, 4.69) is 33.0 Å². The fraction of sp³-hybridized carbons (Fsp3) is 0.737. The first kappa shape index (κ1) is 24.1. The summed E-state index contributed by atoms with van der Waals surface area (Å²) in [4.78, 5) is 8.57. The number of guanidine groups is 1. The smallest absolute Gasteiger partial charge is 0.213 e. The topological polar surface area (TPSA) is 86.3 Å². The van der Waals surface area contributed by atoms with E-state index in [0.717, 1.165) is 45.2 Å². The molecular formula is C19H35N5O3S2. The number of sulfonamides is 1. The van der Waals surface area contributed by atoms with Gasteiger partial charge in [0.05, 0.1) is 31.6 Å². The van der Waals surface area contributed by atoms with Crippen molar-refractivity contribution in [3.8, 4) is 0 Å². The maximum absolute atomic E-state index is 11.8. The lowest BCUT2D eigenvalue weighted by Gasteiger charge is -2.33. The summed E-state index contributed by atoms with van der Waals surface area (Å²) >= 11 is 1.76. The molecule has 0 radical (unpaired) electrons. The Morgan fingerprint density at radius 1 is 1.34 bits per heavy atom. The standard InChI is InChI=1S/C19H35N5O3S2/c1-4-20-19(21-9-7-10-23(3)29(25,26)5-2)22-16-17(18-8-6-15-28-18)24-11-13-27-14-12-24/h6,8,15,17H,4-5,7,9-14,16H2,1-3H3,(H2,20,21,22). The Morgan fingerprint density at radius 2 is 2.10 bits per heavy atom. The third-order valence-electron chi connectivity index (χ3n) is 4.91. The molecule has 1 aliphatic heterocycles. The number of nitrogens with one attached hydrogen (secondary N) is 2. The maximum Gasteiger partial charge on any atom is 0.213 e. The van der Waals surface area contributed by atoms with Gasteiger partial charge in [0.25, 0.3) is 0 Å². The first-order valence-electron chi connectivity index (χ1n) is 10.3. The van der Waals surface area contributed by atoms with Crippen molar-refractivity contribution in [3.63, 3.8) is 0 Å². The SMILES string of the molecule is CCNC(=NCC(c1cccs1)N1CCOCC1)NCCCN(C)S(=O)(=O)CC. The number of ether oxygens (including phenoxy) is 1. The highest BCUT2D eigenvalue weighted by molar-refractivity contribution is 7.89. The van der Waals surface area contributed by atoms with Crippen LogP contribution in [0.1, 0.15) is 31.2 Å². The first-order chi connectivity index (χ1) is 14.0. The van der Waals surface area contributed by atoms with Crippen LogP contribution in [0.3, 0.4) is 0 Å². The lowest BCUT2D eigenvalue weighted by atomic mass is 10.2. The number of thiophene rings is 1. The van der Waals surface area contributed by atoms with E-state index >= 15 is 0 Å². The highest BCUT2D eigenvalue weighted by atomic mass is 32.2. The van der Waals surface area contributed by atoms with Gasteiger partial charge in [-0.1, -0.05) is 6.07 Å². The maximum atomic E-state index is 11.8. The van der Waals surface area contributed by atoms with E-state index in [1.54, 1.807) is 25.3 Å². The average Bonchev–Trinajstić information content (AvgIpc) is 3.26. The van der Waals surface area contributed by atoms with Gasteiger partial charge in [-0.25, -0.2) is 12.7 Å². The van der Waals surface area contributed by atoms with Gasteiger partial charge in [0.2, 0.25) is 10.0 Å². The molecule has 2 N–H and O–H groups in total. The molecule has 2 heterocycles. The molecule has 1 aromatic heterocycles. The first-order valence-corrected chi connectivity index (χ1v) is 12.8. The number of hydrogen-bond acceptors (Lipinski definition) is 6. The second-order valence-electron chi connectivity index (χ2n) is 6.90. The van der Waals surface area contributed by atoms with E-state index in [-0.39, 0.29) is 11.8 Å². The minimum Gasteiger partial charge on any atom is -0.379 e. The monoisotopic (exact) mass is 445 g/mol. The molecule has 2 rings (SSSR count). The van der Waals surface area contributed by atoms with Crippen molar-refractivity contribution in [2.24, 2.45) is 4.99 Å². The van der Waals surface area contributed by atoms with Gasteiger partial charge in [-0.05, 0) is 31.7 Å². The molecule has 0 aliphatic carbocycles. The van der Waals surface area contributed by atoms with Gasteiger partial charge < -0.3 is 15.4 Å². The lowest BCUT2D eigenvalue weighted by molar-refractivity contribution is 0.0186. The van der Waals surface area contributed by atoms with Crippen molar-refractivity contribution in [3.05, 3.63) is 22.4 Å². The van der Waals surface area contributed by atoms with E-state index in [4.69, 9.17) is 9.73 Å². The Morgan fingerprint density at radius 3 is 2.72 bits per heavy atom. The van der Waals surface area contributed by atoms with E-state index in [1.165, 1.54) is 9.18 Å². The minimum atomic E-state index is -3.12. The van der Waals surface area contributed by atoms with Crippen LogP contribution in [0, 0.1) is 0 Å². The summed E-state index contributed by atoms with van der Waals surface area (Å²) in [6.07, 6.45) is 0.720. The van der Waals surface area contributed by atoms with Gasteiger partial charge in [0.15, 0.2) is 5.96 Å². The van der Waals surface area contributed by atoms with Gasteiger partial charge >= 0.3 is 0 Å². The molecule has 29 heavy (non-hydrogen) atoms. The third-order valence-corrected chi connectivity index (χ3v) is 7.74. The van der Waals surface area contributed by atoms with Crippen LogP contribution in [0.4, 0.5) is 0 Å². The predicted octanol–water partition coefficient (Wildman–Crippen LogP) is 1.35. The van der Waals surface area contributed by atoms with Crippen LogP contribution in [0.5, 0.6) is 0 Å². The normalized spacial score (nSPS) is 17.4. The zero-order valence-electron chi connectivity index (χ0n) is 17.8. The quantitative estimate of drug-likeness (QED) is 0.304. The fourth-order valence-corrected chi connectivity index (χ4v) is 4.84. The van der Waals surface area contributed by atoms with Crippen molar-refractivity contribution >= 4 is 27.3 Å². The van der Waals surface area contributed by atoms with Crippen LogP contribution in [-0.4, -0.2) is 88.9 Å². The second kappa shape index (κ2) is 12.5. The van der Waals surface area contributed by atoms with Crippen LogP contribution in [0.2, 0.25) is 0 Å². The summed E-state index contributed by atoms with van der Waals surface area (Å²) in [5.41, 5.74) is 0. The van der Waals surface area contributed by atoms with E-state index < -0.39 is 10.0 Å². The Bertz CT molecular complexity index is 703. The number of aliphatic imine (C=N–C) groups is 1. The van der Waals surface area contributed by atoms with Crippen LogP contribution in [0.15, 0.2) is 22.5 Å². The Balaban J connectivity index is 1.91. The molecule has 8 nitrogen and oxygen atoms in total. The zero-order chi connectivity index (χ0) is 21.1. The van der Waals surface area contributed by atoms with Gasteiger partial charge in [0.1, 0.15) is 0 Å². The molecule has 10 heteroatoms. The van der Waals surface area contributed by atoms with Crippen molar-refractivity contribution < 1.29 is 13.2 Å². The number of nitrogens with zero attached hydrogens (tertiary/aromatic N) is 3. The summed E-state index contributed by atoms with van der Waals surface area (Å²) < 4.78 is 30.6. The summed E-state index contributed by atoms with van der Waals surface area (Å²) in [6, 6.07) is 4.50. The molecule has 166 valence electrons. The Labute approximate surface area is 179 Å². The lowest BCUT2D eigenvalue weighted by Crippen LogP contribution is -2.42. The molecule has 1 aromatic rings. The molecule has 1 aliphatic rings. The average molecular weight is 446 g/mol. The van der Waals surface area contributed by atoms with Crippen molar-refractivity contribution in [1.82, 2.24) is 19.8 Å². The summed E-state index contributed by atoms with van der Waals surface area (Å²) in [6.45, 7) is 9.66. The summed E-state index contributed by atoms with van der Waals surface area (Å²) in [5, 5.41) is 8.72. The largest absolute Gasteiger partial charge is 0.379 e. The highest BCUT2D eigenvalue weighted by Crippen LogP contribution is 2.26. The number of morpholine rings is 1. The Hall–Kier alpha value is -1.20. The minimum absolute atomic E-state index is 0.132.